The predicted molar refractivity (Wildman–Crippen MR) is 112 cm³/mol. The molecule has 3 aromatic rings. The number of nitrogens with zero attached hydrogens (tertiary/aromatic N) is 2. The fourth-order valence-electron chi connectivity index (χ4n) is 2.69. The third-order valence-electron chi connectivity index (χ3n) is 4.28. The highest BCUT2D eigenvalue weighted by molar-refractivity contribution is 7.92. The number of carbonyl (C=O) groups excluding carboxylic acids is 1. The second-order valence-electron chi connectivity index (χ2n) is 6.68. The van der Waals surface area contributed by atoms with Gasteiger partial charge in [0.25, 0.3) is 15.9 Å². The molecule has 0 radical (unpaired) electrons. The standard InChI is InChI=1S/C21H18F3N3O4S/c1-15-7-9-19(10-8-15)32(29,30)27(17-5-2-4-16(12-17)21(22,23)24)14-20(28)26-25-13-18-6-3-11-31-18/h2-13H,14H2,1H3,(H,26,28)/b25-13-. The number of amides is 1. The van der Waals surface area contributed by atoms with Crippen molar-refractivity contribution in [3.05, 3.63) is 83.8 Å². The maximum atomic E-state index is 13.2. The number of nitrogens with one attached hydrogen (secondary N) is 1. The Bertz CT molecular complexity index is 1210. The van der Waals surface area contributed by atoms with Crippen molar-refractivity contribution in [3.63, 3.8) is 0 Å². The minimum Gasteiger partial charge on any atom is -0.463 e. The van der Waals surface area contributed by atoms with E-state index in [9.17, 15) is 26.4 Å². The van der Waals surface area contributed by atoms with Gasteiger partial charge < -0.3 is 4.42 Å². The Morgan fingerprint density at radius 1 is 1.12 bits per heavy atom. The van der Waals surface area contributed by atoms with Crippen LogP contribution < -0.4 is 9.73 Å². The van der Waals surface area contributed by atoms with Crippen molar-refractivity contribution in [2.45, 2.75) is 18.0 Å². The summed E-state index contributed by atoms with van der Waals surface area (Å²) in [6, 6.07) is 12.6. The van der Waals surface area contributed by atoms with Crippen LogP contribution in [0.1, 0.15) is 16.9 Å². The number of alkyl halides is 3. The van der Waals surface area contributed by atoms with Gasteiger partial charge in [-0.1, -0.05) is 23.8 Å². The molecule has 32 heavy (non-hydrogen) atoms. The molecular weight excluding hydrogens is 447 g/mol. The summed E-state index contributed by atoms with van der Waals surface area (Å²) in [5.74, 6) is -0.520. The summed E-state index contributed by atoms with van der Waals surface area (Å²) in [5.41, 5.74) is 1.57. The maximum Gasteiger partial charge on any atom is 0.416 e. The molecule has 168 valence electrons. The van der Waals surface area contributed by atoms with Crippen molar-refractivity contribution in [3.8, 4) is 0 Å². The van der Waals surface area contributed by atoms with Crippen LogP contribution in [0, 0.1) is 6.92 Å². The lowest BCUT2D eigenvalue weighted by atomic mass is 10.2. The normalized spacial score (nSPS) is 12.1. The van der Waals surface area contributed by atoms with Crippen LogP contribution in [0.2, 0.25) is 0 Å². The van der Waals surface area contributed by atoms with Crippen LogP contribution in [-0.2, 0) is 21.0 Å². The van der Waals surface area contributed by atoms with E-state index >= 15 is 0 Å². The molecule has 7 nitrogen and oxygen atoms in total. The van der Waals surface area contributed by atoms with E-state index in [2.05, 4.69) is 10.5 Å². The number of hydrogen-bond donors (Lipinski definition) is 1. The third kappa shape index (κ3) is 5.55. The molecule has 0 saturated carbocycles. The van der Waals surface area contributed by atoms with Gasteiger partial charge in [-0.3, -0.25) is 9.10 Å². The van der Waals surface area contributed by atoms with Crippen LogP contribution in [-0.4, -0.2) is 27.1 Å². The highest BCUT2D eigenvalue weighted by Gasteiger charge is 2.33. The number of sulfonamides is 1. The second kappa shape index (κ2) is 9.27. The summed E-state index contributed by atoms with van der Waals surface area (Å²) in [6.07, 6.45) is -2.10. The van der Waals surface area contributed by atoms with Crippen LogP contribution in [0.4, 0.5) is 18.9 Å². The highest BCUT2D eigenvalue weighted by Crippen LogP contribution is 2.33. The molecule has 0 unspecified atom stereocenters. The average Bonchev–Trinajstić information content (AvgIpc) is 3.25. The second-order valence-corrected chi connectivity index (χ2v) is 8.54. The van der Waals surface area contributed by atoms with Crippen molar-refractivity contribution in [2.75, 3.05) is 10.8 Å². The minimum absolute atomic E-state index is 0.174. The molecule has 0 aliphatic rings. The summed E-state index contributed by atoms with van der Waals surface area (Å²) in [6.45, 7) is 0.957. The van der Waals surface area contributed by atoms with E-state index in [1.807, 2.05) is 0 Å². The monoisotopic (exact) mass is 465 g/mol. The topological polar surface area (TPSA) is 92.0 Å². The van der Waals surface area contributed by atoms with Crippen molar-refractivity contribution >= 4 is 27.8 Å². The van der Waals surface area contributed by atoms with Gasteiger partial charge in [0.15, 0.2) is 0 Å². The summed E-state index contributed by atoms with van der Waals surface area (Å²) in [7, 11) is -4.36. The van der Waals surface area contributed by atoms with Crippen LogP contribution in [0.5, 0.6) is 0 Å². The number of aryl methyl sites for hydroxylation is 1. The fraction of sp³-hybridized carbons (Fsp3) is 0.143. The first-order chi connectivity index (χ1) is 15.1. The van der Waals surface area contributed by atoms with E-state index in [0.717, 1.165) is 17.7 Å². The lowest BCUT2D eigenvalue weighted by Gasteiger charge is -2.24. The summed E-state index contributed by atoms with van der Waals surface area (Å²) >= 11 is 0. The number of furan rings is 1. The predicted octanol–water partition coefficient (Wildman–Crippen LogP) is 3.95. The number of hydrogen-bond acceptors (Lipinski definition) is 5. The average molecular weight is 465 g/mol. The highest BCUT2D eigenvalue weighted by atomic mass is 32.2. The molecule has 0 fully saturated rings. The van der Waals surface area contributed by atoms with E-state index in [1.54, 1.807) is 31.2 Å². The Hall–Kier alpha value is -3.60. The molecule has 1 N–H and O–H groups in total. The Kier molecular flexibility index (Phi) is 6.68. The van der Waals surface area contributed by atoms with E-state index < -0.39 is 34.2 Å². The third-order valence-corrected chi connectivity index (χ3v) is 6.07. The Balaban J connectivity index is 1.94. The summed E-state index contributed by atoms with van der Waals surface area (Å²) in [4.78, 5) is 12.2. The van der Waals surface area contributed by atoms with Gasteiger partial charge in [-0.15, -0.1) is 0 Å². The van der Waals surface area contributed by atoms with Crippen molar-refractivity contribution in [2.24, 2.45) is 5.10 Å². The van der Waals surface area contributed by atoms with Gasteiger partial charge in [-0.2, -0.15) is 18.3 Å². The molecule has 11 heteroatoms. The summed E-state index contributed by atoms with van der Waals surface area (Å²) < 4.78 is 71.6. The smallest absolute Gasteiger partial charge is 0.416 e. The Labute approximate surface area is 182 Å². The maximum absolute atomic E-state index is 13.2. The zero-order valence-corrected chi connectivity index (χ0v) is 17.5. The molecule has 0 aliphatic carbocycles. The molecule has 0 spiro atoms. The lowest BCUT2D eigenvalue weighted by Crippen LogP contribution is -2.39. The van der Waals surface area contributed by atoms with E-state index in [4.69, 9.17) is 4.42 Å². The van der Waals surface area contributed by atoms with Crippen LogP contribution >= 0.6 is 0 Å². The molecule has 0 saturated heterocycles. The molecule has 1 heterocycles. The molecule has 1 aromatic heterocycles. The molecule has 1 amide bonds. The molecule has 0 bridgehead atoms. The van der Waals surface area contributed by atoms with Gasteiger partial charge in [0.05, 0.1) is 28.6 Å². The van der Waals surface area contributed by atoms with E-state index in [1.165, 1.54) is 30.7 Å². The quantitative estimate of drug-likeness (QED) is 0.423. The van der Waals surface area contributed by atoms with Crippen molar-refractivity contribution < 1.29 is 30.8 Å². The van der Waals surface area contributed by atoms with E-state index in [-0.39, 0.29) is 10.6 Å². The first-order valence-corrected chi connectivity index (χ1v) is 10.6. The van der Waals surface area contributed by atoms with Crippen LogP contribution in [0.15, 0.2) is 81.3 Å². The van der Waals surface area contributed by atoms with Crippen LogP contribution in [0.25, 0.3) is 0 Å². The molecule has 3 rings (SSSR count). The lowest BCUT2D eigenvalue weighted by molar-refractivity contribution is -0.137. The van der Waals surface area contributed by atoms with Gasteiger partial charge in [0, 0.05) is 0 Å². The largest absolute Gasteiger partial charge is 0.463 e. The van der Waals surface area contributed by atoms with E-state index in [0.29, 0.717) is 16.1 Å². The number of hydrazone groups is 1. The molecule has 0 atom stereocenters. The van der Waals surface area contributed by atoms with Crippen LogP contribution in [0.3, 0.4) is 0 Å². The summed E-state index contributed by atoms with van der Waals surface area (Å²) in [5, 5.41) is 3.66. The van der Waals surface area contributed by atoms with Gasteiger partial charge in [0.1, 0.15) is 12.3 Å². The zero-order valence-electron chi connectivity index (χ0n) is 16.7. The first-order valence-electron chi connectivity index (χ1n) is 9.19. The van der Waals surface area contributed by atoms with Gasteiger partial charge in [-0.25, -0.2) is 13.8 Å². The number of benzene rings is 2. The molecule has 2 aromatic carbocycles. The number of anilines is 1. The van der Waals surface area contributed by atoms with Gasteiger partial charge in [-0.05, 0) is 49.4 Å². The SMILES string of the molecule is Cc1ccc(S(=O)(=O)N(CC(=O)N/N=C\c2ccco2)c2cccc(C(F)(F)F)c2)cc1. The van der Waals surface area contributed by atoms with Gasteiger partial charge >= 0.3 is 6.18 Å². The zero-order chi connectivity index (χ0) is 23.4. The number of carbonyl (C=O) groups is 1. The first kappa shape index (κ1) is 23.1. The van der Waals surface area contributed by atoms with Gasteiger partial charge in [0.2, 0.25) is 0 Å². The minimum atomic E-state index is -4.69. The molecule has 0 aliphatic heterocycles. The Morgan fingerprint density at radius 2 is 1.84 bits per heavy atom. The fourth-order valence-corrected chi connectivity index (χ4v) is 4.10. The Morgan fingerprint density at radius 3 is 2.47 bits per heavy atom. The number of halogens is 3. The number of rotatable bonds is 7. The van der Waals surface area contributed by atoms with Crippen molar-refractivity contribution in [1.29, 1.82) is 0 Å². The van der Waals surface area contributed by atoms with Crippen molar-refractivity contribution in [1.82, 2.24) is 5.43 Å². The molecular formula is C21H18F3N3O4S.